The molecule has 0 amide bonds. The van der Waals surface area contributed by atoms with E-state index in [1.54, 1.807) is 12.3 Å². The molecule has 1 atom stereocenters. The smallest absolute Gasteiger partial charge is 0.129 e. The van der Waals surface area contributed by atoms with Crippen molar-refractivity contribution in [2.24, 2.45) is 5.92 Å². The molecule has 2 nitrogen and oxygen atoms in total. The van der Waals surface area contributed by atoms with E-state index in [0.717, 1.165) is 12.0 Å². The zero-order chi connectivity index (χ0) is 11.3. The van der Waals surface area contributed by atoms with Crippen LogP contribution in [0.4, 0.5) is 0 Å². The Bertz CT molecular complexity index is 284. The molecule has 0 radical (unpaired) electrons. The second-order valence-corrected chi connectivity index (χ2v) is 4.63. The van der Waals surface area contributed by atoms with Gasteiger partial charge in [-0.05, 0) is 30.9 Å². The predicted molar refractivity (Wildman–Crippen MR) is 63.0 cm³/mol. The molecule has 1 rings (SSSR count). The lowest BCUT2D eigenvalue weighted by molar-refractivity contribution is 0.0396. The topological polar surface area (TPSA) is 22.1 Å². The van der Waals surface area contributed by atoms with Crippen LogP contribution in [0.25, 0.3) is 0 Å². The first kappa shape index (κ1) is 12.5. The van der Waals surface area contributed by atoms with Gasteiger partial charge in [0.05, 0.1) is 12.7 Å². The molecule has 0 aliphatic carbocycles. The number of nitrogens with zero attached hydrogens (tertiary/aromatic N) is 1. The quantitative estimate of drug-likeness (QED) is 0.716. The maximum atomic E-state index is 5.70. The Labute approximate surface area is 96.6 Å². The van der Waals surface area contributed by atoms with Gasteiger partial charge in [0.2, 0.25) is 0 Å². The Kier molecular flexibility index (Phi) is 5.06. The molecular formula is C12H18ClNO. The van der Waals surface area contributed by atoms with Crippen molar-refractivity contribution in [1.29, 1.82) is 0 Å². The van der Waals surface area contributed by atoms with Gasteiger partial charge in [-0.2, -0.15) is 0 Å². The van der Waals surface area contributed by atoms with E-state index < -0.39 is 0 Å². The summed E-state index contributed by atoms with van der Waals surface area (Å²) < 4.78 is 5.70. The Balaban J connectivity index is 2.33. The van der Waals surface area contributed by atoms with Gasteiger partial charge in [0.1, 0.15) is 5.15 Å². The van der Waals surface area contributed by atoms with Gasteiger partial charge >= 0.3 is 0 Å². The third-order valence-corrected chi connectivity index (χ3v) is 2.35. The van der Waals surface area contributed by atoms with E-state index in [0.29, 0.717) is 23.8 Å². The molecule has 0 aliphatic rings. The molecule has 15 heavy (non-hydrogen) atoms. The zero-order valence-electron chi connectivity index (χ0n) is 9.53. The van der Waals surface area contributed by atoms with Crippen LogP contribution in [-0.2, 0) is 11.3 Å². The number of halogens is 1. The average Bonchev–Trinajstić information content (AvgIpc) is 2.16. The maximum absolute atomic E-state index is 5.70. The summed E-state index contributed by atoms with van der Waals surface area (Å²) in [4.78, 5) is 4.00. The van der Waals surface area contributed by atoms with Crippen LogP contribution in [0.5, 0.6) is 0 Å². The summed E-state index contributed by atoms with van der Waals surface area (Å²) in [7, 11) is 0. The molecule has 0 saturated heterocycles. The lowest BCUT2D eigenvalue weighted by atomic mass is 10.1. The van der Waals surface area contributed by atoms with Crippen molar-refractivity contribution in [3.8, 4) is 0 Å². The standard InChI is InChI=1S/C12H18ClNO/c1-9(2)6-10(3)15-8-11-4-5-12(13)14-7-11/h4-5,7,9-10H,6,8H2,1-3H3. The van der Waals surface area contributed by atoms with Crippen LogP contribution in [0.15, 0.2) is 18.3 Å². The van der Waals surface area contributed by atoms with Crippen LogP contribution in [0.2, 0.25) is 5.15 Å². The van der Waals surface area contributed by atoms with E-state index in [9.17, 15) is 0 Å². The van der Waals surface area contributed by atoms with Crippen LogP contribution >= 0.6 is 11.6 Å². The molecular weight excluding hydrogens is 210 g/mol. The second kappa shape index (κ2) is 6.09. The Morgan fingerprint density at radius 3 is 2.60 bits per heavy atom. The SMILES string of the molecule is CC(C)CC(C)OCc1ccc(Cl)nc1. The molecule has 1 unspecified atom stereocenters. The lowest BCUT2D eigenvalue weighted by Gasteiger charge is -2.14. The van der Waals surface area contributed by atoms with Crippen LogP contribution in [0.1, 0.15) is 32.8 Å². The van der Waals surface area contributed by atoms with Crippen molar-refractivity contribution in [3.05, 3.63) is 29.0 Å². The van der Waals surface area contributed by atoms with Gasteiger partial charge in [0.15, 0.2) is 0 Å². The number of hydrogen-bond acceptors (Lipinski definition) is 2. The molecule has 1 aromatic rings. The highest BCUT2D eigenvalue weighted by molar-refractivity contribution is 6.29. The van der Waals surface area contributed by atoms with E-state index in [1.165, 1.54) is 0 Å². The fraction of sp³-hybridized carbons (Fsp3) is 0.583. The van der Waals surface area contributed by atoms with Gasteiger partial charge in [-0.25, -0.2) is 4.98 Å². The summed E-state index contributed by atoms with van der Waals surface area (Å²) in [5.41, 5.74) is 1.06. The summed E-state index contributed by atoms with van der Waals surface area (Å²) in [5.74, 6) is 0.670. The maximum Gasteiger partial charge on any atom is 0.129 e. The Hall–Kier alpha value is -0.600. The summed E-state index contributed by atoms with van der Waals surface area (Å²) in [6, 6.07) is 3.73. The van der Waals surface area contributed by atoms with Crippen LogP contribution in [-0.4, -0.2) is 11.1 Å². The molecule has 3 heteroatoms. The van der Waals surface area contributed by atoms with E-state index in [-0.39, 0.29) is 0 Å². The van der Waals surface area contributed by atoms with E-state index >= 15 is 0 Å². The summed E-state index contributed by atoms with van der Waals surface area (Å²) in [5, 5.41) is 0.522. The third-order valence-electron chi connectivity index (χ3n) is 2.13. The first-order valence-electron chi connectivity index (χ1n) is 5.30. The summed E-state index contributed by atoms with van der Waals surface area (Å²) in [6.45, 7) is 7.11. The third kappa shape index (κ3) is 5.14. The first-order valence-corrected chi connectivity index (χ1v) is 5.67. The molecule has 0 aromatic carbocycles. The summed E-state index contributed by atoms with van der Waals surface area (Å²) in [6.07, 6.45) is 3.13. The zero-order valence-corrected chi connectivity index (χ0v) is 10.3. The Morgan fingerprint density at radius 1 is 1.33 bits per heavy atom. The van der Waals surface area contributed by atoms with Crippen molar-refractivity contribution in [2.75, 3.05) is 0 Å². The molecule has 1 heterocycles. The van der Waals surface area contributed by atoms with Gasteiger partial charge in [0.25, 0.3) is 0 Å². The fourth-order valence-electron chi connectivity index (χ4n) is 1.46. The Morgan fingerprint density at radius 2 is 2.07 bits per heavy atom. The number of ether oxygens (including phenoxy) is 1. The van der Waals surface area contributed by atoms with Crippen molar-refractivity contribution in [1.82, 2.24) is 4.98 Å². The second-order valence-electron chi connectivity index (χ2n) is 4.24. The minimum Gasteiger partial charge on any atom is -0.374 e. The fourth-order valence-corrected chi connectivity index (χ4v) is 1.57. The molecule has 0 saturated carbocycles. The van der Waals surface area contributed by atoms with Gasteiger partial charge in [-0.15, -0.1) is 0 Å². The van der Waals surface area contributed by atoms with Gasteiger partial charge < -0.3 is 4.74 Å². The minimum atomic E-state index is 0.292. The largest absolute Gasteiger partial charge is 0.374 e. The highest BCUT2D eigenvalue weighted by Crippen LogP contribution is 2.11. The predicted octanol–water partition coefficient (Wildman–Crippen LogP) is 3.69. The van der Waals surface area contributed by atoms with Gasteiger partial charge in [0, 0.05) is 6.20 Å². The van der Waals surface area contributed by atoms with Crippen LogP contribution in [0, 0.1) is 5.92 Å². The van der Waals surface area contributed by atoms with Crippen molar-refractivity contribution < 1.29 is 4.74 Å². The molecule has 0 N–H and O–H groups in total. The van der Waals surface area contributed by atoms with Gasteiger partial charge in [-0.3, -0.25) is 0 Å². The highest BCUT2D eigenvalue weighted by atomic mass is 35.5. The number of rotatable bonds is 5. The highest BCUT2D eigenvalue weighted by Gasteiger charge is 2.05. The van der Waals surface area contributed by atoms with Crippen LogP contribution < -0.4 is 0 Å². The number of pyridine rings is 1. The van der Waals surface area contributed by atoms with E-state index in [4.69, 9.17) is 16.3 Å². The van der Waals surface area contributed by atoms with E-state index in [1.807, 2.05) is 6.07 Å². The minimum absolute atomic E-state index is 0.292. The molecule has 0 spiro atoms. The molecule has 0 fully saturated rings. The first-order chi connectivity index (χ1) is 7.08. The number of hydrogen-bond donors (Lipinski definition) is 0. The number of aromatic nitrogens is 1. The molecule has 0 bridgehead atoms. The van der Waals surface area contributed by atoms with Crippen molar-refractivity contribution in [2.45, 2.75) is 39.9 Å². The molecule has 0 aliphatic heterocycles. The summed E-state index contributed by atoms with van der Waals surface area (Å²) >= 11 is 5.69. The van der Waals surface area contributed by atoms with Crippen molar-refractivity contribution >= 4 is 11.6 Å². The van der Waals surface area contributed by atoms with Crippen LogP contribution in [0.3, 0.4) is 0 Å². The average molecular weight is 228 g/mol. The van der Waals surface area contributed by atoms with Crippen molar-refractivity contribution in [3.63, 3.8) is 0 Å². The van der Waals surface area contributed by atoms with E-state index in [2.05, 4.69) is 25.8 Å². The molecule has 1 aromatic heterocycles. The monoisotopic (exact) mass is 227 g/mol. The van der Waals surface area contributed by atoms with Gasteiger partial charge in [-0.1, -0.05) is 31.5 Å². The molecule has 84 valence electrons. The normalized spacial score (nSPS) is 13.1. The lowest BCUT2D eigenvalue weighted by Crippen LogP contribution is -2.11.